The van der Waals surface area contributed by atoms with Crippen molar-refractivity contribution in [2.24, 2.45) is 0 Å². The van der Waals surface area contributed by atoms with Crippen molar-refractivity contribution >= 4 is 21.7 Å². The number of pyridine rings is 1. The van der Waals surface area contributed by atoms with Crippen molar-refractivity contribution in [2.45, 2.75) is 19.0 Å². The van der Waals surface area contributed by atoms with Crippen LogP contribution in [0.5, 0.6) is 5.88 Å². The van der Waals surface area contributed by atoms with Crippen LogP contribution in [0.2, 0.25) is 0 Å². The second kappa shape index (κ2) is 7.02. The van der Waals surface area contributed by atoms with E-state index in [4.69, 9.17) is 4.74 Å². The summed E-state index contributed by atoms with van der Waals surface area (Å²) >= 11 is 3.41. The van der Waals surface area contributed by atoms with Gasteiger partial charge in [0.2, 0.25) is 5.88 Å². The Bertz CT molecular complexity index is 622. The molecule has 7 heteroatoms. The molecule has 0 aromatic carbocycles. The molecule has 2 aromatic heterocycles. The maximum Gasteiger partial charge on any atom is 0.218 e. The van der Waals surface area contributed by atoms with Gasteiger partial charge in [0, 0.05) is 42.4 Å². The zero-order valence-electron chi connectivity index (χ0n) is 12.4. The van der Waals surface area contributed by atoms with Gasteiger partial charge in [0.15, 0.2) is 0 Å². The zero-order valence-corrected chi connectivity index (χ0v) is 14.0. The summed E-state index contributed by atoms with van der Waals surface area (Å²) in [5, 5.41) is 3.44. The lowest BCUT2D eigenvalue weighted by Crippen LogP contribution is -2.26. The van der Waals surface area contributed by atoms with Gasteiger partial charge in [0.05, 0.1) is 12.8 Å². The van der Waals surface area contributed by atoms with E-state index in [1.54, 1.807) is 7.11 Å². The number of hydrogen-bond donors (Lipinski definition) is 1. The molecular formula is C15H18BrN5O. The molecule has 0 amide bonds. The predicted molar refractivity (Wildman–Crippen MR) is 87.8 cm³/mol. The number of anilines is 1. The van der Waals surface area contributed by atoms with Crippen LogP contribution in [0, 0.1) is 0 Å². The molecule has 3 rings (SSSR count). The van der Waals surface area contributed by atoms with Gasteiger partial charge in [-0.2, -0.15) is 0 Å². The van der Waals surface area contributed by atoms with Crippen LogP contribution in [0.4, 0.5) is 5.82 Å². The van der Waals surface area contributed by atoms with Crippen LogP contribution >= 0.6 is 15.9 Å². The highest BCUT2D eigenvalue weighted by Gasteiger charge is 2.23. The second-order valence-electron chi connectivity index (χ2n) is 5.28. The van der Waals surface area contributed by atoms with Gasteiger partial charge in [-0.15, -0.1) is 0 Å². The Hall–Kier alpha value is -1.73. The fourth-order valence-electron chi connectivity index (χ4n) is 2.56. The summed E-state index contributed by atoms with van der Waals surface area (Å²) < 4.78 is 6.12. The summed E-state index contributed by atoms with van der Waals surface area (Å²) in [7, 11) is 1.61. The van der Waals surface area contributed by atoms with E-state index in [-0.39, 0.29) is 0 Å². The minimum atomic E-state index is 0.384. The summed E-state index contributed by atoms with van der Waals surface area (Å²) in [5.74, 6) is 1.38. The highest BCUT2D eigenvalue weighted by Crippen LogP contribution is 2.18. The first kappa shape index (κ1) is 15.2. The first-order valence-electron chi connectivity index (χ1n) is 7.18. The van der Waals surface area contributed by atoms with Crippen molar-refractivity contribution in [1.29, 1.82) is 0 Å². The molecule has 0 radical (unpaired) electrons. The quantitative estimate of drug-likeness (QED) is 0.879. The molecule has 1 N–H and O–H groups in total. The second-order valence-corrected chi connectivity index (χ2v) is 6.19. The summed E-state index contributed by atoms with van der Waals surface area (Å²) in [6.07, 6.45) is 4.44. The topological polar surface area (TPSA) is 63.2 Å². The predicted octanol–water partition coefficient (Wildman–Crippen LogP) is 2.33. The number of halogens is 1. The van der Waals surface area contributed by atoms with Crippen molar-refractivity contribution in [3.8, 4) is 5.88 Å². The Kier molecular flexibility index (Phi) is 4.84. The number of nitrogens with one attached hydrogen (secondary N) is 1. The van der Waals surface area contributed by atoms with Crippen LogP contribution in [-0.4, -0.2) is 46.1 Å². The molecule has 1 saturated heterocycles. The zero-order chi connectivity index (χ0) is 15.4. The fraction of sp³-hybridized carbons (Fsp3) is 0.400. The smallest absolute Gasteiger partial charge is 0.218 e. The van der Waals surface area contributed by atoms with E-state index in [0.29, 0.717) is 11.9 Å². The average Bonchev–Trinajstić information content (AvgIpc) is 2.97. The molecule has 0 saturated carbocycles. The van der Waals surface area contributed by atoms with Gasteiger partial charge in [0.25, 0.3) is 0 Å². The monoisotopic (exact) mass is 363 g/mol. The van der Waals surface area contributed by atoms with Crippen LogP contribution in [0.3, 0.4) is 0 Å². The molecule has 2 aromatic rings. The fourth-order valence-corrected chi connectivity index (χ4v) is 2.80. The van der Waals surface area contributed by atoms with E-state index < -0.39 is 0 Å². The summed E-state index contributed by atoms with van der Waals surface area (Å²) in [4.78, 5) is 15.1. The van der Waals surface area contributed by atoms with Crippen LogP contribution in [0.15, 0.2) is 35.2 Å². The number of likely N-dealkylation sites (tertiary alicyclic amines) is 1. The Morgan fingerprint density at radius 2 is 2.27 bits per heavy atom. The summed E-state index contributed by atoms with van der Waals surface area (Å²) in [6, 6.07) is 6.29. The maximum absolute atomic E-state index is 5.12. The lowest BCUT2D eigenvalue weighted by molar-refractivity contribution is 0.324. The first-order valence-corrected chi connectivity index (χ1v) is 7.97. The van der Waals surface area contributed by atoms with Gasteiger partial charge in [-0.25, -0.2) is 9.97 Å². The van der Waals surface area contributed by atoms with Gasteiger partial charge in [-0.3, -0.25) is 9.88 Å². The highest BCUT2D eigenvalue weighted by molar-refractivity contribution is 9.10. The molecule has 0 aliphatic carbocycles. The normalized spacial score (nSPS) is 18.4. The van der Waals surface area contributed by atoms with Crippen LogP contribution in [0.25, 0.3) is 0 Å². The third-order valence-electron chi connectivity index (χ3n) is 3.65. The molecule has 1 aliphatic rings. The van der Waals surface area contributed by atoms with Gasteiger partial charge < -0.3 is 10.1 Å². The van der Waals surface area contributed by atoms with Crippen molar-refractivity contribution in [1.82, 2.24) is 19.9 Å². The van der Waals surface area contributed by atoms with Crippen molar-refractivity contribution in [3.05, 3.63) is 40.9 Å². The van der Waals surface area contributed by atoms with E-state index in [0.717, 1.165) is 42.0 Å². The standard InChI is InChI=1S/C15H18BrN5O/c1-22-15-6-14(18-10-19-15)20-13-4-5-21(9-13)8-12-3-2-11(16)7-17-12/h2-3,6-7,10,13H,4-5,8-9H2,1H3,(H,18,19,20). The van der Waals surface area contributed by atoms with E-state index in [9.17, 15) is 0 Å². The maximum atomic E-state index is 5.12. The molecule has 6 nitrogen and oxygen atoms in total. The number of methoxy groups -OCH3 is 1. The molecule has 1 fully saturated rings. The molecule has 1 atom stereocenters. The molecule has 3 heterocycles. The number of hydrogen-bond acceptors (Lipinski definition) is 6. The lowest BCUT2D eigenvalue weighted by atomic mass is 10.2. The molecule has 0 bridgehead atoms. The largest absolute Gasteiger partial charge is 0.481 e. The lowest BCUT2D eigenvalue weighted by Gasteiger charge is -2.16. The van der Waals surface area contributed by atoms with Crippen LogP contribution in [0.1, 0.15) is 12.1 Å². The molecule has 22 heavy (non-hydrogen) atoms. The van der Waals surface area contributed by atoms with Gasteiger partial charge in [-0.05, 0) is 34.5 Å². The highest BCUT2D eigenvalue weighted by atomic mass is 79.9. The van der Waals surface area contributed by atoms with E-state index in [1.807, 2.05) is 18.3 Å². The minimum Gasteiger partial charge on any atom is -0.481 e. The van der Waals surface area contributed by atoms with Gasteiger partial charge in [0.1, 0.15) is 12.1 Å². The Morgan fingerprint density at radius 3 is 3.05 bits per heavy atom. The Labute approximate surface area is 138 Å². The molecular weight excluding hydrogens is 346 g/mol. The molecule has 1 unspecified atom stereocenters. The number of ether oxygens (including phenoxy) is 1. The van der Waals surface area contributed by atoms with E-state index >= 15 is 0 Å². The van der Waals surface area contributed by atoms with Gasteiger partial charge in [-0.1, -0.05) is 0 Å². The summed E-state index contributed by atoms with van der Waals surface area (Å²) in [5.41, 5.74) is 1.09. The molecule has 0 spiro atoms. The molecule has 1 aliphatic heterocycles. The van der Waals surface area contributed by atoms with Gasteiger partial charge >= 0.3 is 0 Å². The van der Waals surface area contributed by atoms with Crippen molar-refractivity contribution in [2.75, 3.05) is 25.5 Å². The van der Waals surface area contributed by atoms with Crippen molar-refractivity contribution < 1.29 is 4.74 Å². The Balaban J connectivity index is 1.54. The van der Waals surface area contributed by atoms with Crippen molar-refractivity contribution in [3.63, 3.8) is 0 Å². The van der Waals surface area contributed by atoms with Crippen LogP contribution < -0.4 is 10.1 Å². The SMILES string of the molecule is COc1cc(NC2CCN(Cc3ccc(Br)cn3)C2)ncn1. The number of aromatic nitrogens is 3. The van der Waals surface area contributed by atoms with Crippen LogP contribution in [-0.2, 0) is 6.54 Å². The first-order chi connectivity index (χ1) is 10.7. The minimum absolute atomic E-state index is 0.384. The third-order valence-corrected chi connectivity index (χ3v) is 4.12. The Morgan fingerprint density at radius 1 is 1.36 bits per heavy atom. The molecule has 116 valence electrons. The number of rotatable bonds is 5. The summed E-state index contributed by atoms with van der Waals surface area (Å²) in [6.45, 7) is 2.90. The van der Waals surface area contributed by atoms with E-state index in [1.165, 1.54) is 6.33 Å². The third kappa shape index (κ3) is 3.92. The number of nitrogens with zero attached hydrogens (tertiary/aromatic N) is 4. The average molecular weight is 364 g/mol. The van der Waals surface area contributed by atoms with E-state index in [2.05, 4.69) is 47.2 Å².